The van der Waals surface area contributed by atoms with Crippen LogP contribution in [0, 0.1) is 0 Å². The fraction of sp³-hybridized carbons (Fsp3) is 0.556. The van der Waals surface area contributed by atoms with Crippen LogP contribution in [0.3, 0.4) is 0 Å². The number of hydrogen-bond donors (Lipinski definition) is 1. The average Bonchev–Trinajstić information content (AvgIpc) is 2.54. The van der Waals surface area contributed by atoms with E-state index in [-0.39, 0.29) is 28.4 Å². The van der Waals surface area contributed by atoms with Crippen LogP contribution < -0.4 is 0 Å². The molecule has 0 bridgehead atoms. The van der Waals surface area contributed by atoms with Crippen LogP contribution in [0.15, 0.2) is 11.0 Å². The quantitative estimate of drug-likeness (QED) is 0.907. The summed E-state index contributed by atoms with van der Waals surface area (Å²) in [6, 6.07) is 1.07. The molecule has 1 N–H and O–H groups in total. The van der Waals surface area contributed by atoms with Crippen molar-refractivity contribution >= 4 is 44.6 Å². The van der Waals surface area contributed by atoms with Gasteiger partial charge in [0.05, 0.1) is 10.9 Å². The van der Waals surface area contributed by atoms with Crippen molar-refractivity contribution in [2.75, 3.05) is 13.2 Å². The molecule has 1 heterocycles. The van der Waals surface area contributed by atoms with E-state index in [0.29, 0.717) is 4.34 Å². The zero-order valence-corrected chi connectivity index (χ0v) is 12.5. The molecule has 4 nitrogen and oxygen atoms in total. The monoisotopic (exact) mass is 317 g/mol. The predicted octanol–water partition coefficient (Wildman–Crippen LogP) is 2.45. The second-order valence-electron chi connectivity index (χ2n) is 3.62. The molecule has 0 aliphatic carbocycles. The molecule has 0 aliphatic rings. The van der Waals surface area contributed by atoms with E-state index in [2.05, 4.69) is 0 Å². The predicted molar refractivity (Wildman–Crippen MR) is 70.5 cm³/mol. The maximum absolute atomic E-state index is 12.3. The topological polar surface area (TPSA) is 57.6 Å². The summed E-state index contributed by atoms with van der Waals surface area (Å²) in [6.07, 6.45) is 0. The van der Waals surface area contributed by atoms with Crippen LogP contribution in [-0.4, -0.2) is 37.0 Å². The molecule has 1 aromatic rings. The van der Waals surface area contributed by atoms with Crippen molar-refractivity contribution in [2.24, 2.45) is 0 Å². The Hall–Kier alpha value is 0.150. The highest BCUT2D eigenvalue weighted by Gasteiger charge is 2.30. The van der Waals surface area contributed by atoms with E-state index in [1.54, 1.807) is 13.8 Å². The highest BCUT2D eigenvalue weighted by Crippen LogP contribution is 2.36. The summed E-state index contributed by atoms with van der Waals surface area (Å²) in [4.78, 5) is -0.00341. The van der Waals surface area contributed by atoms with Gasteiger partial charge in [-0.2, -0.15) is 4.31 Å². The van der Waals surface area contributed by atoms with Crippen molar-refractivity contribution in [1.82, 2.24) is 4.31 Å². The number of halogens is 2. The van der Waals surface area contributed by atoms with Gasteiger partial charge in [0.2, 0.25) is 10.0 Å². The number of sulfonamides is 1. The Morgan fingerprint density at radius 1 is 1.47 bits per heavy atom. The van der Waals surface area contributed by atoms with E-state index in [1.165, 1.54) is 10.4 Å². The van der Waals surface area contributed by atoms with Crippen molar-refractivity contribution in [1.29, 1.82) is 0 Å². The van der Waals surface area contributed by atoms with Gasteiger partial charge in [-0.3, -0.25) is 0 Å². The van der Waals surface area contributed by atoms with Gasteiger partial charge in [0.1, 0.15) is 9.23 Å². The van der Waals surface area contributed by atoms with Gasteiger partial charge in [0, 0.05) is 12.6 Å². The number of rotatable bonds is 5. The molecule has 0 radical (unpaired) electrons. The fourth-order valence-corrected chi connectivity index (χ4v) is 5.12. The molecule has 1 rings (SSSR count). The minimum Gasteiger partial charge on any atom is -0.395 e. The van der Waals surface area contributed by atoms with Crippen LogP contribution in [0.1, 0.15) is 13.8 Å². The Morgan fingerprint density at radius 2 is 2.06 bits per heavy atom. The molecule has 0 saturated carbocycles. The first-order valence-corrected chi connectivity index (χ1v) is 7.89. The molecule has 0 aliphatic heterocycles. The van der Waals surface area contributed by atoms with Gasteiger partial charge >= 0.3 is 0 Å². The average molecular weight is 318 g/mol. The number of thiophene rings is 1. The molecule has 98 valence electrons. The van der Waals surface area contributed by atoms with Gasteiger partial charge in [-0.05, 0) is 19.9 Å². The number of hydrogen-bond acceptors (Lipinski definition) is 4. The fourth-order valence-electron chi connectivity index (χ4n) is 1.38. The second-order valence-corrected chi connectivity index (χ2v) is 7.77. The zero-order valence-electron chi connectivity index (χ0n) is 9.35. The first kappa shape index (κ1) is 15.2. The summed E-state index contributed by atoms with van der Waals surface area (Å²) >= 11 is 12.6. The van der Waals surface area contributed by atoms with Gasteiger partial charge in [-0.25, -0.2) is 8.42 Å². The Kier molecular flexibility index (Phi) is 5.24. The standard InChI is InChI=1S/C9H13Cl2NO3S2/c1-6(2)12(3-4-13)17(14,15)7-5-8(10)16-9(7)11/h5-6,13H,3-4H2,1-2H3. The molecule has 0 aromatic carbocycles. The largest absolute Gasteiger partial charge is 0.395 e. The van der Waals surface area contributed by atoms with E-state index in [0.717, 1.165) is 11.3 Å². The Morgan fingerprint density at radius 3 is 2.41 bits per heavy atom. The Labute approximate surface area is 115 Å². The highest BCUT2D eigenvalue weighted by atomic mass is 35.5. The minimum atomic E-state index is -3.70. The van der Waals surface area contributed by atoms with Gasteiger partial charge in [0.25, 0.3) is 0 Å². The maximum Gasteiger partial charge on any atom is 0.245 e. The van der Waals surface area contributed by atoms with Crippen molar-refractivity contribution < 1.29 is 13.5 Å². The van der Waals surface area contributed by atoms with Crippen LogP contribution in [0.2, 0.25) is 8.67 Å². The van der Waals surface area contributed by atoms with E-state index in [4.69, 9.17) is 28.3 Å². The molecule has 0 atom stereocenters. The molecule has 1 aromatic heterocycles. The van der Waals surface area contributed by atoms with Crippen molar-refractivity contribution in [3.8, 4) is 0 Å². The van der Waals surface area contributed by atoms with Gasteiger partial charge in [-0.1, -0.05) is 23.2 Å². The van der Waals surface area contributed by atoms with Crippen molar-refractivity contribution in [2.45, 2.75) is 24.8 Å². The van der Waals surface area contributed by atoms with E-state index in [9.17, 15) is 8.42 Å². The number of aliphatic hydroxyl groups excluding tert-OH is 1. The highest BCUT2D eigenvalue weighted by molar-refractivity contribution is 7.89. The zero-order chi connectivity index (χ0) is 13.2. The minimum absolute atomic E-state index is 0.00341. The lowest BCUT2D eigenvalue weighted by Gasteiger charge is -2.24. The normalized spacial score (nSPS) is 12.6. The van der Waals surface area contributed by atoms with E-state index < -0.39 is 10.0 Å². The summed E-state index contributed by atoms with van der Waals surface area (Å²) in [5.74, 6) is 0. The lowest BCUT2D eigenvalue weighted by molar-refractivity contribution is 0.236. The van der Waals surface area contributed by atoms with Crippen LogP contribution in [0.25, 0.3) is 0 Å². The first-order chi connectivity index (χ1) is 7.80. The van der Waals surface area contributed by atoms with Crippen LogP contribution >= 0.6 is 34.5 Å². The van der Waals surface area contributed by atoms with E-state index in [1.807, 2.05) is 0 Å². The molecule has 0 spiro atoms. The van der Waals surface area contributed by atoms with Crippen LogP contribution in [0.5, 0.6) is 0 Å². The first-order valence-electron chi connectivity index (χ1n) is 4.88. The lowest BCUT2D eigenvalue weighted by Crippen LogP contribution is -2.38. The third-order valence-electron chi connectivity index (χ3n) is 2.11. The Balaban J connectivity index is 3.21. The smallest absolute Gasteiger partial charge is 0.245 e. The summed E-state index contributed by atoms with van der Waals surface area (Å²) in [5, 5.41) is 8.91. The van der Waals surface area contributed by atoms with Gasteiger partial charge < -0.3 is 5.11 Å². The molecule has 0 unspecified atom stereocenters. The third kappa shape index (κ3) is 3.33. The van der Waals surface area contributed by atoms with Crippen LogP contribution in [-0.2, 0) is 10.0 Å². The SMILES string of the molecule is CC(C)N(CCO)S(=O)(=O)c1cc(Cl)sc1Cl. The summed E-state index contributed by atoms with van der Waals surface area (Å²) in [5.41, 5.74) is 0. The molecule has 17 heavy (non-hydrogen) atoms. The molecule has 8 heteroatoms. The summed E-state index contributed by atoms with van der Waals surface area (Å²) in [7, 11) is -3.70. The summed E-state index contributed by atoms with van der Waals surface area (Å²) in [6.45, 7) is 3.25. The van der Waals surface area contributed by atoms with Crippen LogP contribution in [0.4, 0.5) is 0 Å². The van der Waals surface area contributed by atoms with Crippen molar-refractivity contribution in [3.63, 3.8) is 0 Å². The van der Waals surface area contributed by atoms with Gasteiger partial charge in [0.15, 0.2) is 0 Å². The molecule has 0 amide bonds. The molecule has 0 fully saturated rings. The Bertz CT molecular complexity index is 484. The van der Waals surface area contributed by atoms with Gasteiger partial charge in [-0.15, -0.1) is 11.3 Å². The van der Waals surface area contributed by atoms with E-state index >= 15 is 0 Å². The number of nitrogens with zero attached hydrogens (tertiary/aromatic N) is 1. The maximum atomic E-state index is 12.3. The third-order valence-corrected chi connectivity index (χ3v) is 5.94. The number of aliphatic hydroxyl groups is 1. The second kappa shape index (κ2) is 5.86. The molecular formula is C9H13Cl2NO3S2. The van der Waals surface area contributed by atoms with Crippen molar-refractivity contribution in [3.05, 3.63) is 14.7 Å². The molecular weight excluding hydrogens is 305 g/mol. The summed E-state index contributed by atoms with van der Waals surface area (Å²) < 4.78 is 26.2. The lowest BCUT2D eigenvalue weighted by atomic mass is 10.4. The molecule has 0 saturated heterocycles.